The van der Waals surface area contributed by atoms with E-state index < -0.39 is 10.5 Å². The van der Waals surface area contributed by atoms with Crippen molar-refractivity contribution in [3.8, 4) is 17.6 Å². The minimum atomic E-state index is -1.17. The molecule has 5 nitrogen and oxygen atoms in total. The monoisotopic (exact) mass is 398 g/mol. The predicted octanol–water partition coefficient (Wildman–Crippen LogP) is 2.80. The number of ether oxygens (including phenoxy) is 3. The molecule has 1 aromatic carbocycles. The number of benzene rings is 1. The lowest BCUT2D eigenvalue weighted by Crippen LogP contribution is -2.82. The highest BCUT2D eigenvalue weighted by Gasteiger charge is 2.82. The topological polar surface area (TPSA) is 54.7 Å². The van der Waals surface area contributed by atoms with Crippen molar-refractivity contribution in [1.29, 1.82) is 5.26 Å². The number of hydrogen-bond acceptors (Lipinski definition) is 5. The van der Waals surface area contributed by atoms with Gasteiger partial charge in [-0.05, 0) is 50.6 Å². The molecule has 2 aliphatic heterocycles. The quantitative estimate of drug-likeness (QED) is 0.566. The Hall–Kier alpha value is -1.74. The zero-order chi connectivity index (χ0) is 19.5. The molecular weight excluding hydrogens is 376 g/mol. The predicted molar refractivity (Wildman–Crippen MR) is 104 cm³/mol. The van der Waals surface area contributed by atoms with Crippen molar-refractivity contribution in [3.63, 3.8) is 0 Å². The lowest BCUT2D eigenvalue weighted by molar-refractivity contribution is -0.195. The Morgan fingerprint density at radius 2 is 2.14 bits per heavy atom. The number of piperidine rings is 1. The van der Waals surface area contributed by atoms with E-state index in [-0.39, 0.29) is 23.0 Å². The van der Waals surface area contributed by atoms with Gasteiger partial charge >= 0.3 is 0 Å². The summed E-state index contributed by atoms with van der Waals surface area (Å²) < 4.78 is 18.5. The molecule has 0 radical (unpaired) electrons. The number of likely N-dealkylation sites (N-methyl/N-ethyl adjacent to an activating group) is 1. The molecule has 1 saturated heterocycles. The second-order valence-corrected chi connectivity index (χ2v) is 9.66. The van der Waals surface area contributed by atoms with Gasteiger partial charge in [0.2, 0.25) is 0 Å². The highest BCUT2D eigenvalue weighted by Crippen LogP contribution is 2.76. The molecule has 0 N–H and O–H groups in total. The third-order valence-electron chi connectivity index (χ3n) is 8.47. The van der Waals surface area contributed by atoms with Crippen LogP contribution in [0, 0.1) is 16.7 Å². The zero-order valence-corrected chi connectivity index (χ0v) is 17.0. The number of rotatable bonds is 2. The summed E-state index contributed by atoms with van der Waals surface area (Å²) in [4.78, 5) is 1.27. The number of alkyl halides is 1. The molecule has 146 valence electrons. The first-order valence-electron chi connectivity index (χ1n) is 9.86. The van der Waals surface area contributed by atoms with E-state index in [2.05, 4.69) is 30.2 Å². The summed E-state index contributed by atoms with van der Waals surface area (Å²) in [5.74, 6) is 1.57. The molecule has 6 heteroatoms. The number of nitriles is 1. The van der Waals surface area contributed by atoms with Crippen LogP contribution in [-0.2, 0) is 16.6 Å². The third kappa shape index (κ3) is 1.42. The number of halogens is 1. The number of methoxy groups -OCH3 is 2. The van der Waals surface area contributed by atoms with Crippen LogP contribution < -0.4 is 9.47 Å². The minimum Gasteiger partial charge on any atom is -0.493 e. The van der Waals surface area contributed by atoms with Crippen LogP contribution in [0.25, 0.3) is 0 Å². The Kier molecular flexibility index (Phi) is 2.98. The van der Waals surface area contributed by atoms with Gasteiger partial charge in [0, 0.05) is 24.1 Å². The van der Waals surface area contributed by atoms with Gasteiger partial charge in [0.25, 0.3) is 0 Å². The number of likely N-dealkylation sites (tertiary alicyclic amines) is 1. The van der Waals surface area contributed by atoms with Gasteiger partial charge in [-0.3, -0.25) is 0 Å². The van der Waals surface area contributed by atoms with Crippen LogP contribution in [0.1, 0.15) is 24.0 Å². The SMILES string of the molecule is COc1ccc2c3c1O[C@H]1[C@@]4(OC)C=C[C@@]5(C[C@]4(Cl)C#N)[C@@H](C2)N(C)CC[C@]315. The van der Waals surface area contributed by atoms with Crippen molar-refractivity contribution in [1.82, 2.24) is 4.90 Å². The van der Waals surface area contributed by atoms with E-state index in [4.69, 9.17) is 25.8 Å². The molecule has 0 amide bonds. The van der Waals surface area contributed by atoms with E-state index in [0.29, 0.717) is 6.42 Å². The molecule has 0 unspecified atom stereocenters. The number of hydrogen-bond donors (Lipinski definition) is 0. The largest absolute Gasteiger partial charge is 0.493 e. The molecular formula is C22H23ClN2O3. The van der Waals surface area contributed by atoms with Crippen LogP contribution in [0.3, 0.4) is 0 Å². The van der Waals surface area contributed by atoms with Crippen LogP contribution in [-0.4, -0.2) is 55.3 Å². The lowest BCUT2D eigenvalue weighted by atomic mass is 9.37. The van der Waals surface area contributed by atoms with E-state index >= 15 is 0 Å². The molecule has 1 saturated carbocycles. The summed E-state index contributed by atoms with van der Waals surface area (Å²) in [6, 6.07) is 6.88. The van der Waals surface area contributed by atoms with E-state index in [1.165, 1.54) is 11.1 Å². The van der Waals surface area contributed by atoms with Gasteiger partial charge in [0.1, 0.15) is 6.10 Å². The van der Waals surface area contributed by atoms with E-state index in [1.54, 1.807) is 14.2 Å². The first-order chi connectivity index (χ1) is 13.4. The summed E-state index contributed by atoms with van der Waals surface area (Å²) in [7, 11) is 5.51. The van der Waals surface area contributed by atoms with Crippen LogP contribution in [0.4, 0.5) is 0 Å². The number of nitrogens with zero attached hydrogens (tertiary/aromatic N) is 2. The number of fused-ring (bicyclic) bond motifs is 1. The second kappa shape index (κ2) is 4.87. The smallest absolute Gasteiger partial charge is 0.167 e. The molecule has 0 aromatic heterocycles. The summed E-state index contributed by atoms with van der Waals surface area (Å²) in [5.41, 5.74) is 1.09. The standard InChI is InChI=1S/C22H23ClN2O3/c1-25-9-8-21-16-13-4-5-14(26-2)17(16)28-18(21)22(27-3)7-6-19(21,15(25)10-13)11-20(22,23)12-24/h4-7,15,18H,8-11H2,1-3H3/t15-,18-,19-,20+,21+,22+/m1/s1. The van der Waals surface area contributed by atoms with Gasteiger partial charge in [-0.1, -0.05) is 23.7 Å². The van der Waals surface area contributed by atoms with Gasteiger partial charge in [0.05, 0.1) is 18.6 Å². The maximum absolute atomic E-state index is 10.2. The Bertz CT molecular complexity index is 989. The first-order valence-corrected chi connectivity index (χ1v) is 10.2. The van der Waals surface area contributed by atoms with Crippen molar-refractivity contribution < 1.29 is 14.2 Å². The van der Waals surface area contributed by atoms with Crippen LogP contribution in [0.2, 0.25) is 0 Å². The fourth-order valence-electron chi connectivity index (χ4n) is 7.35. The summed E-state index contributed by atoms with van der Waals surface area (Å²) in [6.45, 7) is 0.984. The normalized spacial score (nSPS) is 46.7. The average molecular weight is 399 g/mol. The van der Waals surface area contributed by atoms with Gasteiger partial charge in [-0.15, -0.1) is 0 Å². The molecule has 4 bridgehead atoms. The van der Waals surface area contributed by atoms with Gasteiger partial charge in [-0.25, -0.2) is 0 Å². The minimum absolute atomic E-state index is 0.248. The van der Waals surface area contributed by atoms with Crippen molar-refractivity contribution in [3.05, 3.63) is 35.4 Å². The van der Waals surface area contributed by atoms with E-state index in [0.717, 1.165) is 30.9 Å². The summed E-state index contributed by atoms with van der Waals surface area (Å²) in [5, 5.41) is 10.2. The molecule has 6 aliphatic rings. The molecule has 2 spiro atoms. The van der Waals surface area contributed by atoms with Crippen LogP contribution in [0.5, 0.6) is 11.5 Å². The molecule has 1 aromatic rings. The molecule has 2 heterocycles. The summed E-state index contributed by atoms with van der Waals surface area (Å²) >= 11 is 7.07. The Morgan fingerprint density at radius 3 is 2.86 bits per heavy atom. The second-order valence-electron chi connectivity index (χ2n) is 9.01. The molecule has 28 heavy (non-hydrogen) atoms. The van der Waals surface area contributed by atoms with Gasteiger partial charge in [0.15, 0.2) is 22.0 Å². The highest BCUT2D eigenvalue weighted by molar-refractivity contribution is 6.27. The van der Waals surface area contributed by atoms with E-state index in [1.807, 2.05) is 12.1 Å². The Labute approximate surface area is 169 Å². The molecule has 2 fully saturated rings. The van der Waals surface area contributed by atoms with Crippen molar-refractivity contribution in [2.75, 3.05) is 27.8 Å². The van der Waals surface area contributed by atoms with Gasteiger partial charge in [-0.2, -0.15) is 5.26 Å². The average Bonchev–Trinajstić information content (AvgIpc) is 3.07. The fourth-order valence-corrected chi connectivity index (χ4v) is 7.81. The first kappa shape index (κ1) is 17.1. The summed E-state index contributed by atoms with van der Waals surface area (Å²) in [6.07, 6.45) is 6.43. The highest BCUT2D eigenvalue weighted by atomic mass is 35.5. The lowest BCUT2D eigenvalue weighted by Gasteiger charge is -2.71. The molecule has 4 aliphatic carbocycles. The van der Waals surface area contributed by atoms with Crippen LogP contribution >= 0.6 is 11.6 Å². The van der Waals surface area contributed by atoms with Crippen molar-refractivity contribution in [2.24, 2.45) is 5.41 Å². The maximum Gasteiger partial charge on any atom is 0.167 e. The zero-order valence-electron chi connectivity index (χ0n) is 16.3. The Balaban J connectivity index is 1.75. The van der Waals surface area contributed by atoms with Crippen LogP contribution in [0.15, 0.2) is 24.3 Å². The van der Waals surface area contributed by atoms with Crippen molar-refractivity contribution >= 4 is 11.6 Å². The molecule has 6 atom stereocenters. The Morgan fingerprint density at radius 1 is 1.32 bits per heavy atom. The van der Waals surface area contributed by atoms with E-state index in [9.17, 15) is 5.26 Å². The molecule has 7 rings (SSSR count). The maximum atomic E-state index is 10.2. The van der Waals surface area contributed by atoms with Gasteiger partial charge < -0.3 is 19.1 Å². The van der Waals surface area contributed by atoms with Crippen molar-refractivity contribution in [2.45, 2.75) is 47.3 Å². The fraction of sp³-hybridized carbons (Fsp3) is 0.591. The third-order valence-corrected chi connectivity index (χ3v) is 8.99.